The highest BCUT2D eigenvalue weighted by Crippen LogP contribution is 2.29. The lowest BCUT2D eigenvalue weighted by atomic mass is 10.0. The lowest BCUT2D eigenvalue weighted by molar-refractivity contribution is -0.138. The van der Waals surface area contributed by atoms with Crippen LogP contribution in [0.2, 0.25) is 0 Å². The van der Waals surface area contributed by atoms with Crippen LogP contribution in [0.15, 0.2) is 88.4 Å². The van der Waals surface area contributed by atoms with Crippen molar-refractivity contribution in [3.8, 4) is 0 Å². The van der Waals surface area contributed by atoms with Gasteiger partial charge in [0.05, 0.1) is 144 Å². The number of anilines is 3. The number of rotatable bonds is 43. The highest BCUT2D eigenvalue weighted by atomic mass is 16.6. The van der Waals surface area contributed by atoms with E-state index in [1.54, 1.807) is 18.2 Å². The molecule has 0 aromatic heterocycles. The number of aliphatic carboxylic acids is 1. The van der Waals surface area contributed by atoms with Gasteiger partial charge in [0.15, 0.2) is 5.96 Å². The van der Waals surface area contributed by atoms with Crippen LogP contribution >= 0.6 is 0 Å². The maximum absolute atomic E-state index is 14.0. The van der Waals surface area contributed by atoms with Gasteiger partial charge >= 0.3 is 5.97 Å². The summed E-state index contributed by atoms with van der Waals surface area (Å²) < 4.78 is 54.9. The molecule has 1 aliphatic rings. The van der Waals surface area contributed by atoms with E-state index in [2.05, 4.69) is 20.9 Å². The Hall–Kier alpha value is -6.05. The average Bonchev–Trinajstić information content (AvgIpc) is 3.58. The largest absolute Gasteiger partial charge is 0.481 e. The quantitative estimate of drug-likeness (QED) is 0.0195. The summed E-state index contributed by atoms with van der Waals surface area (Å²) in [4.78, 5) is 48.6. The van der Waals surface area contributed by atoms with Crippen LogP contribution in [0.5, 0.6) is 0 Å². The van der Waals surface area contributed by atoms with Crippen molar-refractivity contribution in [2.24, 2.45) is 15.7 Å². The minimum absolute atomic E-state index is 0.0150. The molecule has 1 heterocycles. The van der Waals surface area contributed by atoms with Crippen LogP contribution in [0, 0.1) is 0 Å². The van der Waals surface area contributed by atoms with E-state index in [1.807, 2.05) is 72.5 Å². The molecular formula is C54H80N8O14. The number of nitrogens with two attached hydrogens (primary N) is 2. The van der Waals surface area contributed by atoms with E-state index in [0.717, 1.165) is 12.1 Å². The third kappa shape index (κ3) is 28.7. The highest BCUT2D eigenvalue weighted by molar-refractivity contribution is 6.08. The Morgan fingerprint density at radius 1 is 0.618 bits per heavy atom. The highest BCUT2D eigenvalue weighted by Gasteiger charge is 2.22. The first kappa shape index (κ1) is 62.5. The number of nitrogen functional groups attached to an aromatic ring is 1. The molecule has 0 unspecified atom stereocenters. The molecule has 3 aromatic carbocycles. The maximum atomic E-state index is 14.0. The van der Waals surface area contributed by atoms with Gasteiger partial charge in [-0.2, -0.15) is 0 Å². The summed E-state index contributed by atoms with van der Waals surface area (Å²) in [6.45, 7) is 12.5. The fourth-order valence-corrected chi connectivity index (χ4v) is 7.01. The van der Waals surface area contributed by atoms with Crippen molar-refractivity contribution in [1.82, 2.24) is 10.2 Å². The zero-order valence-electron chi connectivity index (χ0n) is 44.1. The van der Waals surface area contributed by atoms with Crippen LogP contribution in [-0.2, 0) is 57.0 Å². The lowest BCUT2D eigenvalue weighted by Crippen LogP contribution is -2.36. The summed E-state index contributed by atoms with van der Waals surface area (Å²) in [6, 6.07) is 21.8. The molecule has 22 nitrogen and oxygen atoms in total. The molecule has 4 rings (SSSR count). The lowest BCUT2D eigenvalue weighted by Gasteiger charge is -2.23. The third-order valence-electron chi connectivity index (χ3n) is 10.7. The summed E-state index contributed by atoms with van der Waals surface area (Å²) in [5.41, 5.74) is 16.7. The molecule has 3 aromatic rings. The number of nitrogens with zero attached hydrogens (tertiary/aromatic N) is 3. The predicted octanol–water partition coefficient (Wildman–Crippen LogP) is 4.62. The van der Waals surface area contributed by atoms with Crippen LogP contribution in [0.4, 0.5) is 22.7 Å². The summed E-state index contributed by atoms with van der Waals surface area (Å²) >= 11 is 0. The molecule has 0 saturated heterocycles. The van der Waals surface area contributed by atoms with E-state index in [4.69, 9.17) is 68.9 Å². The summed E-state index contributed by atoms with van der Waals surface area (Å²) in [7, 11) is 0. The van der Waals surface area contributed by atoms with E-state index in [-0.39, 0.29) is 31.3 Å². The maximum Gasteiger partial charge on any atom is 0.305 e. The Labute approximate surface area is 446 Å². The van der Waals surface area contributed by atoms with E-state index in [9.17, 15) is 14.4 Å². The van der Waals surface area contributed by atoms with Gasteiger partial charge < -0.3 is 84.8 Å². The number of amides is 2. The number of guanidine groups is 1. The Bertz CT molecular complexity index is 2180. The fourth-order valence-electron chi connectivity index (χ4n) is 7.01. The zero-order valence-corrected chi connectivity index (χ0v) is 44.1. The Morgan fingerprint density at radius 2 is 1.14 bits per heavy atom. The van der Waals surface area contributed by atoms with Crippen LogP contribution in [0.3, 0.4) is 0 Å². The molecule has 22 heteroatoms. The van der Waals surface area contributed by atoms with E-state index >= 15 is 0 Å². The monoisotopic (exact) mass is 1060 g/mol. The molecule has 0 bridgehead atoms. The molecule has 8 N–H and O–H groups in total. The number of ether oxygens (including phenoxy) is 10. The smallest absolute Gasteiger partial charge is 0.305 e. The number of carboxylic acid groups (broad SMARTS) is 1. The second kappa shape index (κ2) is 40.2. The van der Waals surface area contributed by atoms with Gasteiger partial charge in [-0.25, -0.2) is 4.99 Å². The van der Waals surface area contributed by atoms with Gasteiger partial charge in [-0.3, -0.25) is 19.4 Å². The third-order valence-corrected chi connectivity index (χ3v) is 10.7. The van der Waals surface area contributed by atoms with Gasteiger partial charge in [0.2, 0.25) is 5.91 Å². The van der Waals surface area contributed by atoms with E-state index in [0.29, 0.717) is 204 Å². The molecule has 2 amide bonds. The Balaban J connectivity index is 1.00. The van der Waals surface area contributed by atoms with Crippen molar-refractivity contribution in [3.05, 3.63) is 89.5 Å². The van der Waals surface area contributed by atoms with Crippen molar-refractivity contribution in [1.29, 1.82) is 0 Å². The topological polar surface area (TPSA) is 280 Å². The van der Waals surface area contributed by atoms with Gasteiger partial charge in [0.1, 0.15) is 5.84 Å². The van der Waals surface area contributed by atoms with Crippen molar-refractivity contribution >= 4 is 58.4 Å². The fraction of sp³-hybridized carbons (Fsp3) is 0.537. The first-order valence-corrected chi connectivity index (χ1v) is 25.9. The van der Waals surface area contributed by atoms with Gasteiger partial charge in [0, 0.05) is 66.4 Å². The first-order chi connectivity index (χ1) is 37.2. The molecule has 1 aliphatic heterocycles. The van der Waals surface area contributed by atoms with Crippen LogP contribution in [0.25, 0.3) is 6.08 Å². The Kier molecular flexibility index (Phi) is 33.1. The first-order valence-electron chi connectivity index (χ1n) is 25.9. The summed E-state index contributed by atoms with van der Waals surface area (Å²) in [6.07, 6.45) is 3.37. The number of nitrogens with one attached hydrogen (secondary N) is 3. The summed E-state index contributed by atoms with van der Waals surface area (Å²) in [5, 5.41) is 18.1. The SMILES string of the molecule is CCCN(CCCN=C(NCCOCCOCCOCCOCCOCCOCCOCCOCCOCCOCCC(=O)O)Nc1cccc(N)c1)C(=O)C1=Cc2ccc(C(=O)Nc3ccccc3)cc2N=C(N)C1. The van der Waals surface area contributed by atoms with Crippen LogP contribution in [0.1, 0.15) is 48.5 Å². The number of aliphatic imine (C=N–C) groups is 2. The Morgan fingerprint density at radius 3 is 1.67 bits per heavy atom. The van der Waals surface area contributed by atoms with Gasteiger partial charge in [0.25, 0.3) is 5.91 Å². The predicted molar refractivity (Wildman–Crippen MR) is 291 cm³/mol. The molecule has 0 atom stereocenters. The number of carbonyl (C=O) groups is 3. The van der Waals surface area contributed by atoms with Gasteiger partial charge in [-0.1, -0.05) is 37.3 Å². The number of carbonyl (C=O) groups excluding carboxylic acids is 2. The molecule has 0 radical (unpaired) electrons. The minimum Gasteiger partial charge on any atom is -0.481 e. The number of para-hydroxylation sites is 1. The normalized spacial score (nSPS) is 12.4. The second-order valence-electron chi connectivity index (χ2n) is 16.9. The molecule has 0 spiro atoms. The molecule has 76 heavy (non-hydrogen) atoms. The van der Waals surface area contributed by atoms with Crippen LogP contribution in [-0.4, -0.2) is 198 Å². The number of carboxylic acids is 1. The van der Waals surface area contributed by atoms with Crippen molar-refractivity contribution < 1.29 is 66.9 Å². The van der Waals surface area contributed by atoms with Gasteiger partial charge in [-0.05, 0) is 61.4 Å². The van der Waals surface area contributed by atoms with E-state index < -0.39 is 5.97 Å². The van der Waals surface area contributed by atoms with Crippen LogP contribution < -0.4 is 27.4 Å². The number of benzene rings is 3. The summed E-state index contributed by atoms with van der Waals surface area (Å²) in [5.74, 6) is -0.426. The number of hydrogen-bond donors (Lipinski definition) is 6. The van der Waals surface area contributed by atoms with Crippen molar-refractivity contribution in [2.45, 2.75) is 32.6 Å². The minimum atomic E-state index is -0.884. The number of fused-ring (bicyclic) bond motifs is 1. The zero-order chi connectivity index (χ0) is 54.1. The number of amidine groups is 1. The molecule has 0 aliphatic carbocycles. The molecule has 0 fully saturated rings. The standard InChI is InChI=1S/C54H80N8O14/c1-2-17-62(53(66)45-39-43-12-13-44(40-49(43)61-50(56)41-45)52(65)59-47-9-4-3-5-10-47)18-7-15-57-54(60-48-11-6-8-46(55)42-48)58-16-20-68-22-24-70-26-28-72-30-32-74-34-36-76-38-37-75-35-33-73-31-29-71-27-25-69-23-21-67-19-14-51(63)64/h3-6,8-13,39-40,42H,2,7,14-38,41,55H2,1H3,(H2,56,61)(H,59,65)(H,63,64)(H2,57,58,60). The molecular weight excluding hydrogens is 985 g/mol. The van der Waals surface area contributed by atoms with Crippen molar-refractivity contribution in [3.63, 3.8) is 0 Å². The average molecular weight is 1070 g/mol. The van der Waals surface area contributed by atoms with E-state index in [1.165, 1.54) is 0 Å². The van der Waals surface area contributed by atoms with Gasteiger partial charge in [-0.15, -0.1) is 0 Å². The molecule has 0 saturated carbocycles. The number of hydrogen-bond acceptors (Lipinski definition) is 17. The second-order valence-corrected chi connectivity index (χ2v) is 16.9. The molecule has 420 valence electrons. The van der Waals surface area contributed by atoms with Crippen molar-refractivity contribution in [2.75, 3.05) is 175 Å².